The van der Waals surface area contributed by atoms with Crippen molar-refractivity contribution in [2.45, 2.75) is 25.7 Å². The molecular weight excluding hydrogens is 434 g/mol. The van der Waals surface area contributed by atoms with Crippen molar-refractivity contribution in [3.63, 3.8) is 0 Å². The van der Waals surface area contributed by atoms with Crippen molar-refractivity contribution >= 4 is 15.9 Å². The molecule has 32 heavy (non-hydrogen) atoms. The summed E-state index contributed by atoms with van der Waals surface area (Å²) in [4.78, 5) is 27.1. The van der Waals surface area contributed by atoms with Gasteiger partial charge in [-0.15, -0.1) is 0 Å². The maximum atomic E-state index is 13.1. The fourth-order valence-corrected chi connectivity index (χ4v) is 5.49. The molecule has 0 N–H and O–H groups in total. The SMILES string of the molecule is Cc1noc(C)c1S(=O)(=O)N1CCN(C(=O)c2nn(-c3ccccc3)c(C)cc2=O)CC1. The minimum atomic E-state index is -3.79. The molecular formula is C21H23N5O5S. The van der Waals surface area contributed by atoms with Crippen LogP contribution < -0.4 is 5.43 Å². The Morgan fingerprint density at radius 2 is 1.69 bits per heavy atom. The van der Waals surface area contributed by atoms with E-state index in [4.69, 9.17) is 4.52 Å². The molecule has 3 heterocycles. The van der Waals surface area contributed by atoms with Crippen LogP contribution in [0, 0.1) is 20.8 Å². The van der Waals surface area contributed by atoms with E-state index in [1.54, 1.807) is 25.5 Å². The van der Waals surface area contributed by atoms with Crippen LogP contribution in [0.25, 0.3) is 5.69 Å². The maximum absolute atomic E-state index is 13.1. The van der Waals surface area contributed by atoms with E-state index in [0.29, 0.717) is 11.4 Å². The third-order valence-corrected chi connectivity index (χ3v) is 7.55. The van der Waals surface area contributed by atoms with Gasteiger partial charge in [0.15, 0.2) is 11.5 Å². The van der Waals surface area contributed by atoms with E-state index < -0.39 is 21.4 Å². The second-order valence-corrected chi connectivity index (χ2v) is 9.47. The van der Waals surface area contributed by atoms with E-state index in [2.05, 4.69) is 10.3 Å². The lowest BCUT2D eigenvalue weighted by Crippen LogP contribution is -2.51. The van der Waals surface area contributed by atoms with E-state index in [1.807, 2.05) is 30.3 Å². The van der Waals surface area contributed by atoms with Crippen LogP contribution in [0.5, 0.6) is 0 Å². The van der Waals surface area contributed by atoms with Gasteiger partial charge in [0.1, 0.15) is 10.6 Å². The molecule has 0 spiro atoms. The molecule has 1 saturated heterocycles. The molecule has 0 radical (unpaired) electrons. The van der Waals surface area contributed by atoms with Gasteiger partial charge in [-0.25, -0.2) is 13.1 Å². The Labute approximate surface area is 185 Å². The second kappa shape index (κ2) is 8.32. The third-order valence-electron chi connectivity index (χ3n) is 5.40. The topological polar surface area (TPSA) is 119 Å². The second-order valence-electron chi connectivity index (χ2n) is 7.60. The van der Waals surface area contributed by atoms with Crippen molar-refractivity contribution in [3.05, 3.63) is 69.5 Å². The van der Waals surface area contributed by atoms with Gasteiger partial charge in [-0.05, 0) is 32.9 Å². The largest absolute Gasteiger partial charge is 0.360 e. The average molecular weight is 458 g/mol. The first-order chi connectivity index (χ1) is 15.2. The molecule has 0 atom stereocenters. The molecule has 10 nitrogen and oxygen atoms in total. The lowest BCUT2D eigenvalue weighted by Gasteiger charge is -2.33. The minimum Gasteiger partial charge on any atom is -0.360 e. The third kappa shape index (κ3) is 3.84. The van der Waals surface area contributed by atoms with Crippen molar-refractivity contribution in [1.82, 2.24) is 24.1 Å². The monoisotopic (exact) mass is 457 g/mol. The van der Waals surface area contributed by atoms with Crippen LogP contribution in [-0.2, 0) is 10.0 Å². The Balaban J connectivity index is 1.55. The fraction of sp³-hybridized carbons (Fsp3) is 0.333. The van der Waals surface area contributed by atoms with Crippen LogP contribution >= 0.6 is 0 Å². The number of benzene rings is 1. The lowest BCUT2D eigenvalue weighted by atomic mass is 10.2. The highest BCUT2D eigenvalue weighted by molar-refractivity contribution is 7.89. The number of amides is 1. The first kappa shape index (κ1) is 21.9. The number of nitrogens with zero attached hydrogens (tertiary/aromatic N) is 5. The number of piperazine rings is 1. The first-order valence-corrected chi connectivity index (χ1v) is 11.5. The van der Waals surface area contributed by atoms with E-state index in [0.717, 1.165) is 5.69 Å². The molecule has 0 bridgehead atoms. The predicted octanol–water partition coefficient (Wildman–Crippen LogP) is 1.29. The average Bonchev–Trinajstić information content (AvgIpc) is 3.13. The van der Waals surface area contributed by atoms with E-state index in [9.17, 15) is 18.0 Å². The van der Waals surface area contributed by atoms with Gasteiger partial charge in [0.05, 0.1) is 5.69 Å². The molecule has 0 aliphatic carbocycles. The van der Waals surface area contributed by atoms with Gasteiger partial charge in [0, 0.05) is 37.9 Å². The number of hydrogen-bond acceptors (Lipinski definition) is 7. The Bertz CT molecular complexity index is 1300. The summed E-state index contributed by atoms with van der Waals surface area (Å²) in [5.41, 5.74) is 0.973. The molecule has 1 aromatic carbocycles. The molecule has 4 rings (SSSR count). The highest BCUT2D eigenvalue weighted by Crippen LogP contribution is 2.24. The highest BCUT2D eigenvalue weighted by atomic mass is 32.2. The molecule has 0 saturated carbocycles. The lowest BCUT2D eigenvalue weighted by molar-refractivity contribution is 0.0688. The van der Waals surface area contributed by atoms with E-state index in [1.165, 1.54) is 15.3 Å². The van der Waals surface area contributed by atoms with Crippen LogP contribution in [-0.4, -0.2) is 64.6 Å². The number of sulfonamides is 1. The van der Waals surface area contributed by atoms with Crippen molar-refractivity contribution in [1.29, 1.82) is 0 Å². The molecule has 1 aliphatic heterocycles. The molecule has 1 amide bonds. The summed E-state index contributed by atoms with van der Waals surface area (Å²) in [6.45, 7) is 5.34. The van der Waals surface area contributed by atoms with Crippen LogP contribution in [0.3, 0.4) is 0 Å². The Kier molecular flexibility index (Phi) is 5.70. The van der Waals surface area contributed by atoms with Crippen molar-refractivity contribution in [2.75, 3.05) is 26.2 Å². The Morgan fingerprint density at radius 1 is 1.03 bits per heavy atom. The number of rotatable bonds is 4. The van der Waals surface area contributed by atoms with Crippen molar-refractivity contribution in [3.8, 4) is 5.69 Å². The predicted molar refractivity (Wildman–Crippen MR) is 115 cm³/mol. The standard InChI is InChI=1S/C21H23N5O5S/c1-14-13-18(27)19(22-26(14)17-7-5-4-6-8-17)21(28)24-9-11-25(12-10-24)32(29,30)20-15(2)23-31-16(20)3/h4-8,13H,9-12H2,1-3H3. The van der Waals surface area contributed by atoms with E-state index >= 15 is 0 Å². The Morgan fingerprint density at radius 3 is 2.28 bits per heavy atom. The zero-order chi connectivity index (χ0) is 23.0. The summed E-state index contributed by atoms with van der Waals surface area (Å²) in [6.07, 6.45) is 0. The smallest absolute Gasteiger partial charge is 0.278 e. The van der Waals surface area contributed by atoms with Crippen LogP contribution in [0.2, 0.25) is 0 Å². The van der Waals surface area contributed by atoms with Crippen LogP contribution in [0.1, 0.15) is 27.6 Å². The van der Waals surface area contributed by atoms with Gasteiger partial charge in [-0.3, -0.25) is 9.59 Å². The van der Waals surface area contributed by atoms with Crippen LogP contribution in [0.4, 0.5) is 0 Å². The molecule has 11 heteroatoms. The summed E-state index contributed by atoms with van der Waals surface area (Å²) in [5.74, 6) is -0.291. The number of carbonyl (C=O) groups is 1. The number of carbonyl (C=O) groups excluding carboxylic acids is 1. The van der Waals surface area contributed by atoms with E-state index in [-0.39, 0.29) is 42.5 Å². The Hall–Kier alpha value is -3.31. The number of para-hydroxylation sites is 1. The summed E-state index contributed by atoms with van der Waals surface area (Å²) in [5, 5.41) is 8.03. The van der Waals surface area contributed by atoms with Gasteiger partial charge in [0.25, 0.3) is 5.91 Å². The van der Waals surface area contributed by atoms with Gasteiger partial charge < -0.3 is 9.42 Å². The van der Waals surface area contributed by atoms with Crippen LogP contribution in [0.15, 0.2) is 50.6 Å². The van der Waals surface area contributed by atoms with Gasteiger partial charge in [-0.2, -0.15) is 9.40 Å². The zero-order valence-electron chi connectivity index (χ0n) is 18.0. The molecule has 3 aromatic rings. The minimum absolute atomic E-state index is 0.0585. The first-order valence-electron chi connectivity index (χ1n) is 10.1. The van der Waals surface area contributed by atoms with Crippen molar-refractivity contribution < 1.29 is 17.7 Å². The van der Waals surface area contributed by atoms with Gasteiger partial charge in [0.2, 0.25) is 15.5 Å². The summed E-state index contributed by atoms with van der Waals surface area (Å²) < 4.78 is 33.8. The van der Waals surface area contributed by atoms with Gasteiger partial charge in [-0.1, -0.05) is 23.4 Å². The molecule has 168 valence electrons. The quantitative estimate of drug-likeness (QED) is 0.579. The highest BCUT2D eigenvalue weighted by Gasteiger charge is 2.35. The summed E-state index contributed by atoms with van der Waals surface area (Å²) in [6, 6.07) is 10.6. The van der Waals surface area contributed by atoms with Gasteiger partial charge >= 0.3 is 0 Å². The summed E-state index contributed by atoms with van der Waals surface area (Å²) >= 11 is 0. The maximum Gasteiger partial charge on any atom is 0.278 e. The summed E-state index contributed by atoms with van der Waals surface area (Å²) in [7, 11) is -3.79. The van der Waals surface area contributed by atoms with Crippen molar-refractivity contribution in [2.24, 2.45) is 0 Å². The molecule has 2 aromatic heterocycles. The fourth-order valence-electron chi connectivity index (χ4n) is 3.78. The molecule has 1 fully saturated rings. The normalized spacial score (nSPS) is 15.2. The number of aryl methyl sites for hydroxylation is 3. The molecule has 0 unspecified atom stereocenters. The number of aromatic nitrogens is 3. The molecule has 1 aliphatic rings. The zero-order valence-corrected chi connectivity index (χ0v) is 18.8. The number of hydrogen-bond donors (Lipinski definition) is 0.